The summed E-state index contributed by atoms with van der Waals surface area (Å²) in [5.74, 6) is 1.97. The highest BCUT2D eigenvalue weighted by Gasteiger charge is 2.23. The van der Waals surface area contributed by atoms with Crippen molar-refractivity contribution in [3.63, 3.8) is 0 Å². The predicted octanol–water partition coefficient (Wildman–Crippen LogP) is 2.57. The van der Waals surface area contributed by atoms with Crippen LogP contribution < -0.4 is 20.4 Å². The molecule has 1 aromatic carbocycles. The first-order valence-electron chi connectivity index (χ1n) is 10.9. The highest BCUT2D eigenvalue weighted by molar-refractivity contribution is 6.32. The van der Waals surface area contributed by atoms with Gasteiger partial charge >= 0.3 is 0 Å². The van der Waals surface area contributed by atoms with Crippen LogP contribution in [0.15, 0.2) is 24.3 Å². The van der Waals surface area contributed by atoms with E-state index in [4.69, 9.17) is 31.8 Å². The Bertz CT molecular complexity index is 1160. The molecule has 10 heteroatoms. The lowest BCUT2D eigenvalue weighted by atomic mass is 10.1. The molecule has 2 aromatic heterocycles. The SMILES string of the molecule is N#Cc1cccc(CNc2nc3nc(N4CCCC4)nc(N4CCNCC4)c3nc2Cl)c1. The molecule has 2 N–H and O–H groups in total. The number of aromatic nitrogens is 4. The summed E-state index contributed by atoms with van der Waals surface area (Å²) >= 11 is 6.52. The molecule has 0 saturated carbocycles. The molecule has 0 amide bonds. The number of anilines is 3. The van der Waals surface area contributed by atoms with Crippen molar-refractivity contribution in [2.45, 2.75) is 19.4 Å². The van der Waals surface area contributed by atoms with E-state index in [0.717, 1.165) is 63.5 Å². The van der Waals surface area contributed by atoms with Gasteiger partial charge in [-0.15, -0.1) is 0 Å². The Morgan fingerprint density at radius 3 is 2.62 bits per heavy atom. The molecule has 0 bridgehead atoms. The molecule has 0 radical (unpaired) electrons. The number of nitriles is 1. The van der Waals surface area contributed by atoms with Crippen molar-refractivity contribution >= 4 is 40.3 Å². The van der Waals surface area contributed by atoms with Crippen molar-refractivity contribution in [3.05, 3.63) is 40.5 Å². The molecule has 0 spiro atoms. The molecule has 9 nitrogen and oxygen atoms in total. The molecule has 0 aliphatic carbocycles. The first kappa shape index (κ1) is 20.7. The molecule has 0 unspecified atom stereocenters. The number of benzene rings is 1. The van der Waals surface area contributed by atoms with E-state index >= 15 is 0 Å². The third-order valence-corrected chi connectivity index (χ3v) is 6.04. The minimum absolute atomic E-state index is 0.280. The molecule has 2 aliphatic rings. The quantitative estimate of drug-likeness (QED) is 0.607. The number of hydrogen-bond donors (Lipinski definition) is 2. The molecule has 2 aliphatic heterocycles. The van der Waals surface area contributed by atoms with E-state index in [1.807, 2.05) is 18.2 Å². The fraction of sp³-hybridized carbons (Fsp3) is 0.409. The summed E-state index contributed by atoms with van der Waals surface area (Å²) in [5, 5.41) is 16.0. The number of nitrogens with one attached hydrogen (secondary N) is 2. The Morgan fingerprint density at radius 1 is 1.03 bits per heavy atom. The Morgan fingerprint density at radius 2 is 1.84 bits per heavy atom. The zero-order chi connectivity index (χ0) is 21.9. The van der Waals surface area contributed by atoms with Crippen LogP contribution in [0.2, 0.25) is 5.15 Å². The summed E-state index contributed by atoms with van der Waals surface area (Å²) in [4.78, 5) is 23.5. The molecular weight excluding hydrogens is 426 g/mol. The molecule has 5 rings (SSSR count). The molecule has 3 aromatic rings. The number of piperazine rings is 1. The Hall–Kier alpha value is -3.22. The van der Waals surface area contributed by atoms with Crippen molar-refractivity contribution in [1.29, 1.82) is 5.26 Å². The number of fused-ring (bicyclic) bond motifs is 1. The van der Waals surface area contributed by atoms with Gasteiger partial charge in [0.05, 0.1) is 11.6 Å². The van der Waals surface area contributed by atoms with E-state index in [-0.39, 0.29) is 5.15 Å². The molecule has 32 heavy (non-hydrogen) atoms. The van der Waals surface area contributed by atoms with Crippen LogP contribution in [-0.2, 0) is 6.54 Å². The average molecular weight is 450 g/mol. The van der Waals surface area contributed by atoms with Gasteiger partial charge in [-0.1, -0.05) is 23.7 Å². The summed E-state index contributed by atoms with van der Waals surface area (Å²) in [7, 11) is 0. The van der Waals surface area contributed by atoms with Gasteiger partial charge in [0.25, 0.3) is 0 Å². The maximum Gasteiger partial charge on any atom is 0.229 e. The number of rotatable bonds is 5. The number of hydrogen-bond acceptors (Lipinski definition) is 9. The monoisotopic (exact) mass is 449 g/mol. The third-order valence-electron chi connectivity index (χ3n) is 5.78. The van der Waals surface area contributed by atoms with Gasteiger partial charge in [-0.2, -0.15) is 15.2 Å². The van der Waals surface area contributed by atoms with Gasteiger partial charge in [0.1, 0.15) is 0 Å². The van der Waals surface area contributed by atoms with Crippen molar-refractivity contribution in [2.75, 3.05) is 54.4 Å². The molecule has 0 atom stereocenters. The van der Waals surface area contributed by atoms with Gasteiger partial charge in [0.15, 0.2) is 28.0 Å². The van der Waals surface area contributed by atoms with E-state index in [2.05, 4.69) is 31.5 Å². The van der Waals surface area contributed by atoms with Crippen LogP contribution >= 0.6 is 11.6 Å². The van der Waals surface area contributed by atoms with E-state index in [0.29, 0.717) is 35.0 Å². The molecule has 4 heterocycles. The van der Waals surface area contributed by atoms with Crippen molar-refractivity contribution in [1.82, 2.24) is 25.3 Å². The van der Waals surface area contributed by atoms with E-state index in [1.165, 1.54) is 0 Å². The summed E-state index contributed by atoms with van der Waals surface area (Å²) in [6, 6.07) is 9.59. The van der Waals surface area contributed by atoms with Crippen LogP contribution in [-0.4, -0.2) is 59.2 Å². The highest BCUT2D eigenvalue weighted by atomic mass is 35.5. The van der Waals surface area contributed by atoms with Crippen LogP contribution in [0.4, 0.5) is 17.6 Å². The van der Waals surface area contributed by atoms with Crippen LogP contribution in [0.1, 0.15) is 24.0 Å². The predicted molar refractivity (Wildman–Crippen MR) is 125 cm³/mol. The smallest absolute Gasteiger partial charge is 0.229 e. The second-order valence-electron chi connectivity index (χ2n) is 7.98. The standard InChI is InChI=1S/C22H24ClN9/c23-18-20(26-14-16-5-3-4-15(12-16)13-24)28-19-17(27-18)21(31-10-6-25-7-11-31)30-22(29-19)32-8-1-2-9-32/h3-5,12,25H,1-2,6-11,14H2,(H,26,28,29,30). The Kier molecular flexibility index (Phi) is 5.88. The lowest BCUT2D eigenvalue weighted by molar-refractivity contribution is 0.585. The number of nitrogens with zero attached hydrogens (tertiary/aromatic N) is 7. The first-order valence-corrected chi connectivity index (χ1v) is 11.3. The highest BCUT2D eigenvalue weighted by Crippen LogP contribution is 2.30. The summed E-state index contributed by atoms with van der Waals surface area (Å²) in [6.07, 6.45) is 2.29. The summed E-state index contributed by atoms with van der Waals surface area (Å²) in [6.45, 7) is 5.87. The topological polar surface area (TPSA) is 106 Å². The van der Waals surface area contributed by atoms with Gasteiger partial charge in [0.2, 0.25) is 5.95 Å². The minimum atomic E-state index is 0.280. The lowest BCUT2D eigenvalue weighted by Gasteiger charge is -2.29. The van der Waals surface area contributed by atoms with Gasteiger partial charge < -0.3 is 20.4 Å². The van der Waals surface area contributed by atoms with Gasteiger partial charge in [-0.3, -0.25) is 0 Å². The third kappa shape index (κ3) is 4.24. The summed E-state index contributed by atoms with van der Waals surface area (Å²) in [5.41, 5.74) is 2.73. The second kappa shape index (κ2) is 9.10. The van der Waals surface area contributed by atoms with Gasteiger partial charge in [0, 0.05) is 45.8 Å². The van der Waals surface area contributed by atoms with Crippen LogP contribution in [0, 0.1) is 11.3 Å². The maximum atomic E-state index is 9.12. The van der Waals surface area contributed by atoms with Crippen molar-refractivity contribution in [2.24, 2.45) is 0 Å². The second-order valence-corrected chi connectivity index (χ2v) is 8.34. The van der Waals surface area contributed by atoms with Gasteiger partial charge in [-0.25, -0.2) is 9.97 Å². The minimum Gasteiger partial charge on any atom is -0.363 e. The number of halogens is 1. The molecular formula is C22H24ClN9. The normalized spacial score (nSPS) is 16.4. The van der Waals surface area contributed by atoms with Gasteiger partial charge in [-0.05, 0) is 30.5 Å². The fourth-order valence-corrected chi connectivity index (χ4v) is 4.30. The maximum absolute atomic E-state index is 9.12. The zero-order valence-corrected chi connectivity index (χ0v) is 18.4. The molecule has 2 fully saturated rings. The fourth-order valence-electron chi connectivity index (χ4n) is 4.11. The Balaban J connectivity index is 1.51. The van der Waals surface area contributed by atoms with E-state index < -0.39 is 0 Å². The van der Waals surface area contributed by atoms with Crippen LogP contribution in [0.5, 0.6) is 0 Å². The van der Waals surface area contributed by atoms with Crippen molar-refractivity contribution in [3.8, 4) is 6.07 Å². The lowest BCUT2D eigenvalue weighted by Crippen LogP contribution is -2.44. The van der Waals surface area contributed by atoms with Crippen molar-refractivity contribution < 1.29 is 0 Å². The van der Waals surface area contributed by atoms with Crippen LogP contribution in [0.25, 0.3) is 11.2 Å². The van der Waals surface area contributed by atoms with E-state index in [9.17, 15) is 0 Å². The first-order chi connectivity index (χ1) is 15.7. The Labute approximate surface area is 191 Å². The van der Waals surface area contributed by atoms with E-state index in [1.54, 1.807) is 6.07 Å². The average Bonchev–Trinajstić information content (AvgIpc) is 3.38. The zero-order valence-electron chi connectivity index (χ0n) is 17.7. The molecule has 164 valence electrons. The summed E-state index contributed by atoms with van der Waals surface area (Å²) < 4.78 is 0. The largest absolute Gasteiger partial charge is 0.363 e. The van der Waals surface area contributed by atoms with Crippen LogP contribution in [0.3, 0.4) is 0 Å². The molecule has 2 saturated heterocycles.